The highest BCUT2D eigenvalue weighted by atomic mass is 16.5. The molecule has 0 aliphatic rings. The number of aliphatic hydroxyl groups excluding tert-OH is 1. The zero-order valence-corrected chi connectivity index (χ0v) is 11.2. The van der Waals surface area contributed by atoms with Crippen molar-refractivity contribution in [3.63, 3.8) is 0 Å². The van der Waals surface area contributed by atoms with Gasteiger partial charge in [0, 0.05) is 19.1 Å². The molecule has 1 aromatic rings. The van der Waals surface area contributed by atoms with Crippen molar-refractivity contribution in [2.24, 2.45) is 0 Å². The van der Waals surface area contributed by atoms with E-state index in [4.69, 9.17) is 15.1 Å². The lowest BCUT2D eigenvalue weighted by molar-refractivity contribution is 0.159. The van der Waals surface area contributed by atoms with E-state index in [0.29, 0.717) is 23.9 Å². The second-order valence-electron chi connectivity index (χ2n) is 4.43. The zero-order valence-electron chi connectivity index (χ0n) is 11.2. The van der Waals surface area contributed by atoms with Crippen LogP contribution in [0.2, 0.25) is 0 Å². The van der Waals surface area contributed by atoms with Crippen LogP contribution >= 0.6 is 0 Å². The van der Waals surface area contributed by atoms with Gasteiger partial charge in [0.1, 0.15) is 11.8 Å². The van der Waals surface area contributed by atoms with Gasteiger partial charge in [-0.1, -0.05) is 6.07 Å². The molecule has 0 radical (unpaired) electrons. The van der Waals surface area contributed by atoms with Crippen LogP contribution in [0.15, 0.2) is 18.2 Å². The molecule has 1 rings (SSSR count). The fraction of sp³-hybridized carbons (Fsp3) is 0.500. The van der Waals surface area contributed by atoms with Crippen molar-refractivity contribution in [3.05, 3.63) is 29.3 Å². The van der Waals surface area contributed by atoms with Crippen molar-refractivity contribution in [3.8, 4) is 11.8 Å². The number of nitrogens with zero attached hydrogens (tertiary/aromatic N) is 2. The van der Waals surface area contributed by atoms with Gasteiger partial charge in [-0.15, -0.1) is 0 Å². The number of rotatable bonds is 6. The van der Waals surface area contributed by atoms with Crippen molar-refractivity contribution in [1.82, 2.24) is 4.90 Å². The Morgan fingerprint density at radius 3 is 2.67 bits per heavy atom. The largest absolute Gasteiger partial charge is 0.495 e. The Hall–Kier alpha value is -1.57. The lowest BCUT2D eigenvalue weighted by Gasteiger charge is -2.25. The Balaban J connectivity index is 2.87. The molecule has 0 atom stereocenters. The Morgan fingerprint density at radius 2 is 2.17 bits per heavy atom. The molecule has 0 unspecified atom stereocenters. The molecule has 0 fully saturated rings. The van der Waals surface area contributed by atoms with Gasteiger partial charge in [-0.2, -0.15) is 5.26 Å². The summed E-state index contributed by atoms with van der Waals surface area (Å²) in [6, 6.07) is 8.08. The highest BCUT2D eigenvalue weighted by molar-refractivity contribution is 5.45. The lowest BCUT2D eigenvalue weighted by atomic mass is 10.1. The Bertz CT molecular complexity index is 424. The van der Waals surface area contributed by atoms with Crippen molar-refractivity contribution in [2.75, 3.05) is 20.3 Å². The zero-order chi connectivity index (χ0) is 13.5. The minimum atomic E-state index is 0.138. The molecule has 1 N–H and O–H groups in total. The molecule has 18 heavy (non-hydrogen) atoms. The first kappa shape index (κ1) is 14.5. The van der Waals surface area contributed by atoms with Gasteiger partial charge in [-0.05, 0) is 31.5 Å². The molecule has 0 aliphatic carbocycles. The van der Waals surface area contributed by atoms with Crippen LogP contribution in [-0.2, 0) is 6.54 Å². The second-order valence-corrected chi connectivity index (χ2v) is 4.43. The van der Waals surface area contributed by atoms with Crippen LogP contribution in [0.4, 0.5) is 0 Å². The van der Waals surface area contributed by atoms with E-state index in [2.05, 4.69) is 24.8 Å². The topological polar surface area (TPSA) is 56.5 Å². The van der Waals surface area contributed by atoms with Gasteiger partial charge in [0.05, 0.1) is 19.3 Å². The van der Waals surface area contributed by atoms with Gasteiger partial charge in [-0.3, -0.25) is 4.90 Å². The predicted octanol–water partition coefficient (Wildman–Crippen LogP) is 1.77. The van der Waals surface area contributed by atoms with Gasteiger partial charge in [0.15, 0.2) is 0 Å². The minimum absolute atomic E-state index is 0.138. The van der Waals surface area contributed by atoms with Gasteiger partial charge < -0.3 is 9.84 Å². The molecule has 0 saturated carbocycles. The maximum absolute atomic E-state index is 9.04. The first-order chi connectivity index (χ1) is 8.62. The highest BCUT2D eigenvalue weighted by Crippen LogP contribution is 2.20. The summed E-state index contributed by atoms with van der Waals surface area (Å²) < 4.78 is 5.12. The standard InChI is InChI=1S/C14H20N2O2/c1-11(2)16(6-7-17)10-12-4-5-14(18-3)13(8-12)9-15/h4-5,8,11,17H,6-7,10H2,1-3H3. The first-order valence-corrected chi connectivity index (χ1v) is 6.04. The maximum Gasteiger partial charge on any atom is 0.136 e. The average molecular weight is 248 g/mol. The number of hydrogen-bond acceptors (Lipinski definition) is 4. The van der Waals surface area contributed by atoms with E-state index in [1.807, 2.05) is 18.2 Å². The number of methoxy groups -OCH3 is 1. The lowest BCUT2D eigenvalue weighted by Crippen LogP contribution is -2.32. The molecular formula is C14H20N2O2. The van der Waals surface area contributed by atoms with E-state index in [-0.39, 0.29) is 6.61 Å². The summed E-state index contributed by atoms with van der Waals surface area (Å²) in [5, 5.41) is 18.1. The minimum Gasteiger partial charge on any atom is -0.495 e. The molecule has 0 amide bonds. The van der Waals surface area contributed by atoms with Gasteiger partial charge >= 0.3 is 0 Å². The summed E-state index contributed by atoms with van der Waals surface area (Å²) >= 11 is 0. The van der Waals surface area contributed by atoms with Crippen LogP contribution in [0.3, 0.4) is 0 Å². The molecular weight excluding hydrogens is 228 g/mol. The smallest absolute Gasteiger partial charge is 0.136 e. The molecule has 1 aromatic carbocycles. The second kappa shape index (κ2) is 7.00. The van der Waals surface area contributed by atoms with Crippen molar-refractivity contribution in [1.29, 1.82) is 5.26 Å². The molecule has 0 bridgehead atoms. The van der Waals surface area contributed by atoms with Gasteiger partial charge in [0.25, 0.3) is 0 Å². The molecule has 4 heteroatoms. The summed E-state index contributed by atoms with van der Waals surface area (Å²) in [6.45, 7) is 5.66. The Labute approximate surface area is 108 Å². The van der Waals surface area contributed by atoms with E-state index in [9.17, 15) is 0 Å². The molecule has 0 saturated heterocycles. The Kier molecular flexibility index (Phi) is 5.63. The highest BCUT2D eigenvalue weighted by Gasteiger charge is 2.11. The summed E-state index contributed by atoms with van der Waals surface area (Å²) in [7, 11) is 1.56. The van der Waals surface area contributed by atoms with Gasteiger partial charge in [-0.25, -0.2) is 0 Å². The molecule has 0 heterocycles. The van der Waals surface area contributed by atoms with E-state index in [1.165, 1.54) is 0 Å². The first-order valence-electron chi connectivity index (χ1n) is 6.04. The third kappa shape index (κ3) is 3.73. The van der Waals surface area contributed by atoms with Crippen LogP contribution in [0.1, 0.15) is 25.0 Å². The van der Waals surface area contributed by atoms with Crippen molar-refractivity contribution >= 4 is 0 Å². The fourth-order valence-electron chi connectivity index (χ4n) is 1.82. The summed E-state index contributed by atoms with van der Waals surface area (Å²) in [5.41, 5.74) is 1.59. The van der Waals surface area contributed by atoms with Crippen LogP contribution in [0.25, 0.3) is 0 Å². The van der Waals surface area contributed by atoms with Crippen molar-refractivity contribution in [2.45, 2.75) is 26.4 Å². The third-order valence-corrected chi connectivity index (χ3v) is 2.89. The Morgan fingerprint density at radius 1 is 1.44 bits per heavy atom. The van der Waals surface area contributed by atoms with E-state index < -0.39 is 0 Å². The predicted molar refractivity (Wildman–Crippen MR) is 70.3 cm³/mol. The van der Waals surface area contributed by atoms with Crippen LogP contribution < -0.4 is 4.74 Å². The monoisotopic (exact) mass is 248 g/mol. The quantitative estimate of drug-likeness (QED) is 0.833. The molecule has 0 aromatic heterocycles. The fourth-order valence-corrected chi connectivity index (χ4v) is 1.82. The molecule has 98 valence electrons. The summed E-state index contributed by atoms with van der Waals surface area (Å²) in [6.07, 6.45) is 0. The molecule has 0 spiro atoms. The third-order valence-electron chi connectivity index (χ3n) is 2.89. The van der Waals surface area contributed by atoms with Gasteiger partial charge in [0.2, 0.25) is 0 Å². The number of hydrogen-bond donors (Lipinski definition) is 1. The molecule has 4 nitrogen and oxygen atoms in total. The van der Waals surface area contributed by atoms with E-state index in [0.717, 1.165) is 12.1 Å². The normalized spacial score (nSPS) is 10.7. The number of nitriles is 1. The summed E-state index contributed by atoms with van der Waals surface area (Å²) in [4.78, 5) is 2.16. The van der Waals surface area contributed by atoms with Crippen molar-refractivity contribution < 1.29 is 9.84 Å². The van der Waals surface area contributed by atoms with E-state index >= 15 is 0 Å². The van der Waals surface area contributed by atoms with Crippen LogP contribution in [0, 0.1) is 11.3 Å². The molecule has 0 aliphatic heterocycles. The summed E-state index contributed by atoms with van der Waals surface area (Å²) in [5.74, 6) is 0.597. The van der Waals surface area contributed by atoms with Crippen LogP contribution in [0.5, 0.6) is 5.75 Å². The number of aliphatic hydroxyl groups is 1. The number of ether oxygens (including phenoxy) is 1. The maximum atomic E-state index is 9.04. The van der Waals surface area contributed by atoms with E-state index in [1.54, 1.807) is 7.11 Å². The van der Waals surface area contributed by atoms with Crippen LogP contribution in [-0.4, -0.2) is 36.3 Å². The number of benzene rings is 1. The average Bonchev–Trinajstić information content (AvgIpc) is 2.37. The SMILES string of the molecule is COc1ccc(CN(CCO)C(C)C)cc1C#N.